The number of rotatable bonds is 5. The number of hydrogen-bond donors (Lipinski definition) is 0. The lowest BCUT2D eigenvalue weighted by Gasteiger charge is -2.36. The quantitative estimate of drug-likeness (QED) is 0.791. The minimum Gasteiger partial charge on any atom is -0.375 e. The van der Waals surface area contributed by atoms with E-state index in [4.69, 9.17) is 4.74 Å². The fraction of sp³-hybridized carbons (Fsp3) is 0.600. The van der Waals surface area contributed by atoms with Crippen LogP contribution in [0.2, 0.25) is 0 Å². The third-order valence-corrected chi connectivity index (χ3v) is 3.63. The molecule has 0 aromatic heterocycles. The maximum atomic E-state index is 5.81. The van der Waals surface area contributed by atoms with E-state index in [2.05, 4.69) is 48.0 Å². The molecule has 0 aliphatic carbocycles. The molecule has 0 spiro atoms. The van der Waals surface area contributed by atoms with Crippen LogP contribution in [0.3, 0.4) is 0 Å². The maximum absolute atomic E-state index is 5.81. The lowest BCUT2D eigenvalue weighted by Crippen LogP contribution is -2.49. The second-order valence-corrected chi connectivity index (χ2v) is 5.19. The minimum atomic E-state index is 0.516. The van der Waals surface area contributed by atoms with Crippen molar-refractivity contribution in [3.8, 4) is 0 Å². The van der Waals surface area contributed by atoms with Gasteiger partial charge < -0.3 is 9.64 Å². The van der Waals surface area contributed by atoms with Crippen molar-refractivity contribution in [2.45, 2.75) is 19.6 Å². The number of piperazine rings is 1. The Morgan fingerprint density at radius 1 is 1.11 bits per heavy atom. The van der Waals surface area contributed by atoms with Crippen LogP contribution in [0.15, 0.2) is 30.3 Å². The summed E-state index contributed by atoms with van der Waals surface area (Å²) >= 11 is 0. The van der Waals surface area contributed by atoms with Crippen LogP contribution < -0.4 is 0 Å². The highest BCUT2D eigenvalue weighted by Gasteiger charge is 2.18. The summed E-state index contributed by atoms with van der Waals surface area (Å²) in [6, 6.07) is 10.9. The Labute approximate surface area is 110 Å². The van der Waals surface area contributed by atoms with Gasteiger partial charge in [-0.2, -0.15) is 0 Å². The van der Waals surface area contributed by atoms with E-state index in [1.54, 1.807) is 0 Å². The van der Waals surface area contributed by atoms with Gasteiger partial charge in [-0.1, -0.05) is 30.3 Å². The second-order valence-electron chi connectivity index (χ2n) is 5.19. The molecule has 1 aliphatic heterocycles. The Bertz CT molecular complexity index is 334. The topological polar surface area (TPSA) is 15.7 Å². The largest absolute Gasteiger partial charge is 0.375 e. The summed E-state index contributed by atoms with van der Waals surface area (Å²) in [4.78, 5) is 4.90. The van der Waals surface area contributed by atoms with Gasteiger partial charge in [0.05, 0.1) is 13.2 Å². The van der Waals surface area contributed by atoms with Crippen molar-refractivity contribution in [1.82, 2.24) is 9.80 Å². The van der Waals surface area contributed by atoms with E-state index in [0.717, 1.165) is 26.3 Å². The highest BCUT2D eigenvalue weighted by atomic mass is 16.5. The molecule has 0 saturated carbocycles. The summed E-state index contributed by atoms with van der Waals surface area (Å²) in [6.45, 7) is 8.46. The van der Waals surface area contributed by atoms with E-state index >= 15 is 0 Å². The van der Waals surface area contributed by atoms with Crippen LogP contribution in [0.25, 0.3) is 0 Å². The van der Waals surface area contributed by atoms with Crippen LogP contribution in [-0.2, 0) is 11.3 Å². The van der Waals surface area contributed by atoms with Gasteiger partial charge in [0.25, 0.3) is 0 Å². The molecule has 1 aliphatic rings. The van der Waals surface area contributed by atoms with E-state index in [1.807, 2.05) is 6.07 Å². The molecule has 1 atom stereocenters. The monoisotopic (exact) mass is 248 g/mol. The average molecular weight is 248 g/mol. The van der Waals surface area contributed by atoms with E-state index < -0.39 is 0 Å². The van der Waals surface area contributed by atoms with Crippen molar-refractivity contribution in [2.24, 2.45) is 0 Å². The second kappa shape index (κ2) is 6.88. The van der Waals surface area contributed by atoms with Crippen molar-refractivity contribution in [1.29, 1.82) is 0 Å². The average Bonchev–Trinajstić information content (AvgIpc) is 2.40. The van der Waals surface area contributed by atoms with E-state index in [-0.39, 0.29) is 0 Å². The standard InChI is InChI=1S/C15H24N2O/c1-14(17-10-8-16(2)9-11-17)12-18-13-15-6-4-3-5-7-15/h3-7,14H,8-13H2,1-2H3. The zero-order valence-electron chi connectivity index (χ0n) is 11.5. The van der Waals surface area contributed by atoms with E-state index in [9.17, 15) is 0 Å². The van der Waals surface area contributed by atoms with Crippen LogP contribution in [0.5, 0.6) is 0 Å². The van der Waals surface area contributed by atoms with Crippen LogP contribution in [0, 0.1) is 0 Å². The van der Waals surface area contributed by atoms with Gasteiger partial charge >= 0.3 is 0 Å². The fourth-order valence-electron chi connectivity index (χ4n) is 2.29. The Morgan fingerprint density at radius 3 is 2.44 bits per heavy atom. The summed E-state index contributed by atoms with van der Waals surface area (Å²) in [5, 5.41) is 0. The molecular formula is C15H24N2O. The Balaban J connectivity index is 1.67. The molecule has 1 saturated heterocycles. The number of likely N-dealkylation sites (N-methyl/N-ethyl adjacent to an activating group) is 1. The maximum Gasteiger partial charge on any atom is 0.0717 e. The summed E-state index contributed by atoms with van der Waals surface area (Å²) in [7, 11) is 2.19. The van der Waals surface area contributed by atoms with Gasteiger partial charge in [0, 0.05) is 32.2 Å². The predicted molar refractivity (Wildman–Crippen MR) is 74.6 cm³/mol. The SMILES string of the molecule is CC(COCc1ccccc1)N1CCN(C)CC1. The van der Waals surface area contributed by atoms with Crippen molar-refractivity contribution >= 4 is 0 Å². The van der Waals surface area contributed by atoms with Crippen LogP contribution in [-0.4, -0.2) is 55.7 Å². The van der Waals surface area contributed by atoms with Gasteiger partial charge in [-0.05, 0) is 19.5 Å². The molecule has 18 heavy (non-hydrogen) atoms. The van der Waals surface area contributed by atoms with E-state index in [1.165, 1.54) is 18.7 Å². The lowest BCUT2D eigenvalue weighted by atomic mass is 10.2. The molecule has 1 heterocycles. The number of nitrogens with zero attached hydrogens (tertiary/aromatic N) is 2. The first kappa shape index (κ1) is 13.5. The van der Waals surface area contributed by atoms with Gasteiger partial charge in [0.2, 0.25) is 0 Å². The Morgan fingerprint density at radius 2 is 1.78 bits per heavy atom. The number of ether oxygens (including phenoxy) is 1. The molecule has 0 bridgehead atoms. The Hall–Kier alpha value is -0.900. The highest BCUT2D eigenvalue weighted by Crippen LogP contribution is 2.07. The normalized spacial score (nSPS) is 19.9. The fourth-order valence-corrected chi connectivity index (χ4v) is 2.29. The third-order valence-electron chi connectivity index (χ3n) is 3.63. The Kier molecular flexibility index (Phi) is 5.17. The summed E-state index contributed by atoms with van der Waals surface area (Å²) in [5.74, 6) is 0. The van der Waals surface area contributed by atoms with Gasteiger partial charge in [0.1, 0.15) is 0 Å². The van der Waals surface area contributed by atoms with Gasteiger partial charge in [-0.15, -0.1) is 0 Å². The minimum absolute atomic E-state index is 0.516. The van der Waals surface area contributed by atoms with Crippen LogP contribution >= 0.6 is 0 Å². The van der Waals surface area contributed by atoms with E-state index in [0.29, 0.717) is 6.04 Å². The zero-order valence-corrected chi connectivity index (χ0v) is 11.5. The first-order chi connectivity index (χ1) is 8.75. The molecule has 3 heteroatoms. The molecule has 0 amide bonds. The van der Waals surface area contributed by atoms with Gasteiger partial charge in [-0.25, -0.2) is 0 Å². The molecule has 1 unspecified atom stereocenters. The van der Waals surface area contributed by atoms with Crippen molar-refractivity contribution in [3.63, 3.8) is 0 Å². The third kappa shape index (κ3) is 4.09. The molecule has 0 radical (unpaired) electrons. The summed E-state index contributed by atoms with van der Waals surface area (Å²) in [5.41, 5.74) is 1.25. The smallest absolute Gasteiger partial charge is 0.0717 e. The highest BCUT2D eigenvalue weighted by molar-refractivity contribution is 5.13. The van der Waals surface area contributed by atoms with Crippen molar-refractivity contribution in [2.75, 3.05) is 39.8 Å². The first-order valence-corrected chi connectivity index (χ1v) is 6.80. The molecule has 3 nitrogen and oxygen atoms in total. The predicted octanol–water partition coefficient (Wildman–Crippen LogP) is 1.84. The molecule has 1 fully saturated rings. The van der Waals surface area contributed by atoms with Crippen molar-refractivity contribution < 1.29 is 4.74 Å². The van der Waals surface area contributed by atoms with Crippen LogP contribution in [0.4, 0.5) is 0 Å². The lowest BCUT2D eigenvalue weighted by molar-refractivity contribution is 0.0369. The number of hydrogen-bond acceptors (Lipinski definition) is 3. The molecule has 100 valence electrons. The van der Waals surface area contributed by atoms with Gasteiger partial charge in [-0.3, -0.25) is 4.90 Å². The molecule has 2 rings (SSSR count). The zero-order chi connectivity index (χ0) is 12.8. The molecule has 1 aromatic rings. The molecule has 1 aromatic carbocycles. The molecular weight excluding hydrogens is 224 g/mol. The van der Waals surface area contributed by atoms with Gasteiger partial charge in [0.15, 0.2) is 0 Å². The van der Waals surface area contributed by atoms with Crippen LogP contribution in [0.1, 0.15) is 12.5 Å². The summed E-state index contributed by atoms with van der Waals surface area (Å²) < 4.78 is 5.81. The summed E-state index contributed by atoms with van der Waals surface area (Å²) in [6.07, 6.45) is 0. The molecule has 0 N–H and O–H groups in total. The van der Waals surface area contributed by atoms with Crippen molar-refractivity contribution in [3.05, 3.63) is 35.9 Å². The number of benzene rings is 1. The first-order valence-electron chi connectivity index (χ1n) is 6.80.